The molecule has 0 aromatic heterocycles. The lowest BCUT2D eigenvalue weighted by atomic mass is 10.1. The van der Waals surface area contributed by atoms with Crippen LogP contribution in [-0.2, 0) is 38.5 Å². The monoisotopic (exact) mass is 1760 g/mol. The number of hydrogen-bond acceptors (Lipinski definition) is 35. The Bertz CT molecular complexity index is 5050. The van der Waals surface area contributed by atoms with Gasteiger partial charge in [0.25, 0.3) is 0 Å². The van der Waals surface area contributed by atoms with Crippen molar-refractivity contribution in [2.45, 2.75) is 117 Å². The molecule has 42 heteroatoms. The van der Waals surface area contributed by atoms with Gasteiger partial charge in [0.15, 0.2) is 98.8 Å². The van der Waals surface area contributed by atoms with E-state index in [4.69, 9.17) is 5.73 Å². The topological polar surface area (TPSA) is 551 Å². The van der Waals surface area contributed by atoms with Gasteiger partial charge in [-0.3, -0.25) is 51.5 Å². The Balaban J connectivity index is 0.000000209. The largest absolute Gasteiger partial charge is 0.504 e. The second-order valence-electron chi connectivity index (χ2n) is 30.8. The molecule has 6 aromatic carbocycles. The standard InChI is InChI=1S/C16H25N5O2.C15H23N5O2.2C14H21N5O2.2C13H19N5O2/c1-11-17-15(19(2)3)21(5)16(18-11)20(4)9-8-12-6-7-13(22)14(23)10-12;1-10-16-14(19(2)3)18-15(17-10)20(4)8-7-11-5-6-12(21)13(22)9-11;1-9-16-13(18-14(17-9)19(2)3)15-7-6-10-4-5-11(20)12(21)8-10;1-9-16-13(15-2)18-14(17-9)19(3)7-6-10-4-5-11(20)12(21)8-10;1-8-15-12(14)17-13(16-8)18(2)6-5-9-3-4-10(19)11(20)7-9;1-8-16-12(14-2)18-13(17-8)15-6-5-9-3-4-10(19)11(20)7-9/h6-7,10-11,22-23H,8-9H2,1-5H3;5-6,9-10,21-22H,7-8H2,1-4H3,(H,16,17,18);2*4-5,8-9,20-21H,6-7H2,1-3H3,(H2,15,16,17,18);3-4,7-8,19-20H,5-6H2,1-2H3,(H3,14,15,16,17);3-4,7-8,19-20H,5-6H2,1-2H3,(H3,14,15,16,17,18). The van der Waals surface area contributed by atoms with Gasteiger partial charge >= 0.3 is 0 Å². The minimum absolute atomic E-state index is 0.0277. The molecule has 6 aromatic rings. The number of phenols is 12. The molecule has 127 heavy (non-hydrogen) atoms. The zero-order valence-electron chi connectivity index (χ0n) is 75.7. The van der Waals surface area contributed by atoms with Crippen LogP contribution in [0.5, 0.6) is 69.0 Å². The average Bonchev–Trinajstić information content (AvgIpc) is 0.816. The molecule has 12 rings (SSSR count). The lowest BCUT2D eigenvalue weighted by Crippen LogP contribution is -2.61. The van der Waals surface area contributed by atoms with Crippen LogP contribution in [0.3, 0.4) is 0 Å². The smallest absolute Gasteiger partial charge is 0.205 e. The van der Waals surface area contributed by atoms with Crippen LogP contribution in [0.1, 0.15) is 74.9 Å². The van der Waals surface area contributed by atoms with Gasteiger partial charge in [0.05, 0.1) is 6.17 Å². The van der Waals surface area contributed by atoms with E-state index in [0.717, 1.165) is 108 Å². The molecule has 6 aliphatic heterocycles. The van der Waals surface area contributed by atoms with Gasteiger partial charge in [-0.15, -0.1) is 0 Å². The first-order valence-electron chi connectivity index (χ1n) is 41.1. The van der Waals surface area contributed by atoms with Crippen molar-refractivity contribution in [3.05, 3.63) is 143 Å². The number of nitrogens with one attached hydrogen (secondary N) is 9. The summed E-state index contributed by atoms with van der Waals surface area (Å²) in [6.07, 6.45) is 3.83. The average molecular weight is 1760 g/mol. The van der Waals surface area contributed by atoms with Gasteiger partial charge in [-0.1, -0.05) is 36.4 Å². The molecule has 1 fully saturated rings. The van der Waals surface area contributed by atoms with Gasteiger partial charge in [-0.05, 0) is 186 Å². The molecule has 690 valence electrons. The van der Waals surface area contributed by atoms with E-state index < -0.39 is 0 Å². The molecule has 6 unspecified atom stereocenters. The van der Waals surface area contributed by atoms with Crippen molar-refractivity contribution in [1.29, 1.82) is 0 Å². The van der Waals surface area contributed by atoms with E-state index in [1.807, 2.05) is 159 Å². The summed E-state index contributed by atoms with van der Waals surface area (Å²) in [4.78, 5) is 68.1. The Hall–Kier alpha value is -14.6. The molecule has 0 amide bonds. The number of nitrogens with zero attached hydrogens (tertiary/aromatic N) is 20. The van der Waals surface area contributed by atoms with Crippen molar-refractivity contribution in [2.75, 3.05) is 131 Å². The predicted molar refractivity (Wildman–Crippen MR) is 500 cm³/mol. The van der Waals surface area contributed by atoms with E-state index in [2.05, 4.69) is 113 Å². The first kappa shape index (κ1) is 99.5. The predicted octanol–water partition coefficient (Wildman–Crippen LogP) is 3.14. The molecule has 6 aliphatic rings. The minimum atomic E-state index is -0.189. The summed E-state index contributed by atoms with van der Waals surface area (Å²) in [5.74, 6) is 7.33. The summed E-state index contributed by atoms with van der Waals surface area (Å²) in [5, 5.41) is 141. The normalized spacial score (nSPS) is 19.0. The van der Waals surface area contributed by atoms with Crippen LogP contribution >= 0.6 is 0 Å². The third-order valence-electron chi connectivity index (χ3n) is 19.3. The van der Waals surface area contributed by atoms with E-state index in [9.17, 15) is 61.3 Å². The number of guanidine groups is 12. The Labute approximate surface area is 741 Å². The van der Waals surface area contributed by atoms with Gasteiger partial charge < -0.3 is 123 Å². The number of aliphatic imine (C=N–C) groups is 12. The third-order valence-corrected chi connectivity index (χ3v) is 19.3. The number of nitrogens with two attached hydrogens (primary N) is 1. The maximum Gasteiger partial charge on any atom is 0.205 e. The quantitative estimate of drug-likeness (QED) is 0.0550. The lowest BCUT2D eigenvalue weighted by Gasteiger charge is -2.35. The van der Waals surface area contributed by atoms with Gasteiger partial charge in [0, 0.05) is 131 Å². The highest BCUT2D eigenvalue weighted by Crippen LogP contribution is 2.30. The fourth-order valence-corrected chi connectivity index (χ4v) is 12.3. The second kappa shape index (κ2) is 47.8. The number of hydrogen-bond donors (Lipinski definition) is 22. The summed E-state index contributed by atoms with van der Waals surface area (Å²) in [6.45, 7) is 15.6. The maximum atomic E-state index is 9.57. The molecule has 0 aliphatic carbocycles. The Kier molecular flexibility index (Phi) is 37.5. The number of aromatic hydroxyl groups is 12. The Morgan fingerprint density at radius 1 is 0.315 bits per heavy atom. The fourth-order valence-electron chi connectivity index (χ4n) is 12.3. The molecule has 1 saturated heterocycles. The minimum Gasteiger partial charge on any atom is -0.504 e. The molecule has 23 N–H and O–H groups in total. The van der Waals surface area contributed by atoms with E-state index in [0.29, 0.717) is 74.7 Å². The number of rotatable bonds is 18. The van der Waals surface area contributed by atoms with Crippen molar-refractivity contribution in [2.24, 2.45) is 65.6 Å². The first-order valence-corrected chi connectivity index (χ1v) is 41.1. The van der Waals surface area contributed by atoms with Crippen LogP contribution in [0.4, 0.5) is 0 Å². The van der Waals surface area contributed by atoms with Gasteiger partial charge in [0.1, 0.15) is 30.8 Å². The van der Waals surface area contributed by atoms with Crippen LogP contribution in [0.2, 0.25) is 0 Å². The third kappa shape index (κ3) is 32.2. The van der Waals surface area contributed by atoms with Gasteiger partial charge in [-0.2, -0.15) is 0 Å². The summed E-state index contributed by atoms with van der Waals surface area (Å²) in [6, 6.07) is 29.0. The van der Waals surface area contributed by atoms with Crippen LogP contribution in [0.15, 0.2) is 169 Å². The van der Waals surface area contributed by atoms with E-state index in [1.165, 1.54) is 36.4 Å². The Morgan fingerprint density at radius 3 is 0.976 bits per heavy atom. The van der Waals surface area contributed by atoms with Crippen molar-refractivity contribution in [3.63, 3.8) is 0 Å². The fraction of sp³-hybridized carbons (Fsp3) is 0.435. The molecule has 0 spiro atoms. The van der Waals surface area contributed by atoms with E-state index in [-0.39, 0.29) is 106 Å². The summed E-state index contributed by atoms with van der Waals surface area (Å²) < 4.78 is 0. The van der Waals surface area contributed by atoms with Crippen molar-refractivity contribution >= 4 is 71.5 Å². The molecule has 0 bridgehead atoms. The van der Waals surface area contributed by atoms with Crippen LogP contribution in [0, 0.1) is 0 Å². The molecule has 0 saturated carbocycles. The van der Waals surface area contributed by atoms with Crippen molar-refractivity contribution in [1.82, 2.24) is 87.1 Å². The highest BCUT2D eigenvalue weighted by Gasteiger charge is 2.26. The lowest BCUT2D eigenvalue weighted by molar-refractivity contribution is 0.400. The number of phenolic OH excluding ortho intramolecular Hbond substituents is 12. The zero-order valence-corrected chi connectivity index (χ0v) is 75.7. The summed E-state index contributed by atoms with van der Waals surface area (Å²) in [5.41, 5.74) is 11.3. The molecule has 42 nitrogen and oxygen atoms in total. The van der Waals surface area contributed by atoms with Crippen LogP contribution in [-0.4, -0.2) is 340 Å². The SMILES string of the molecule is CC1N=C(N(C)C)N(C)C(N(C)CCc2ccc(O)c(O)c2)=N1.CC1N=C(N(C)C)NC(=NCCc2ccc(O)c(O)c2)N1.CC1N=C(N(C)C)NC(N(C)CCc2ccc(O)c(O)c2)=N1.CC1N=C(N)NC(N(C)CCc2ccc(O)c(O)c2)=N1.CN=C1NC(=NCCc2ccc(O)c(O)c2)NC(C)N1.CN=C1NC(N(C)CCc2ccc(O)c(O)c2)=NC(C)N1. The van der Waals surface area contributed by atoms with Crippen LogP contribution in [0.25, 0.3) is 0 Å². The molecular weight excluding hydrogens is 1630 g/mol. The second-order valence-corrected chi connectivity index (χ2v) is 30.8. The van der Waals surface area contributed by atoms with Crippen LogP contribution < -0.4 is 53.6 Å². The molecular formula is C85H128N30O12. The maximum absolute atomic E-state index is 9.57. The highest BCUT2D eigenvalue weighted by molar-refractivity contribution is 6.03. The summed E-state index contributed by atoms with van der Waals surface area (Å²) >= 11 is 0. The van der Waals surface area contributed by atoms with Crippen molar-refractivity contribution < 1.29 is 61.3 Å². The number of likely N-dealkylation sites (N-methyl/N-ethyl adjacent to an activating group) is 4. The summed E-state index contributed by atoms with van der Waals surface area (Å²) in [7, 11) is 24.8. The van der Waals surface area contributed by atoms with Gasteiger partial charge in [0.2, 0.25) is 41.7 Å². The molecule has 6 atom stereocenters. The van der Waals surface area contributed by atoms with Gasteiger partial charge in [-0.25, -0.2) is 39.9 Å². The zero-order chi connectivity index (χ0) is 93.5. The van der Waals surface area contributed by atoms with E-state index in [1.54, 1.807) is 80.8 Å². The highest BCUT2D eigenvalue weighted by atomic mass is 16.3. The molecule has 0 radical (unpaired) electrons. The van der Waals surface area contributed by atoms with Crippen molar-refractivity contribution in [3.8, 4) is 69.0 Å². The Morgan fingerprint density at radius 2 is 0.606 bits per heavy atom. The number of benzene rings is 6. The van der Waals surface area contributed by atoms with E-state index >= 15 is 0 Å². The first-order chi connectivity index (χ1) is 60.1. The molecule has 6 heterocycles.